The Morgan fingerprint density at radius 2 is 2.56 bits per heavy atom. The van der Waals surface area contributed by atoms with E-state index in [1.807, 2.05) is 6.08 Å². The predicted octanol–water partition coefficient (Wildman–Crippen LogP) is 2.69. The van der Waals surface area contributed by atoms with Crippen LogP contribution in [-0.4, -0.2) is 0 Å². The summed E-state index contributed by atoms with van der Waals surface area (Å²) in [6.45, 7) is 5.88. The smallest absolute Gasteiger partial charge is 0.0133 e. The molecule has 1 unspecified atom stereocenters. The van der Waals surface area contributed by atoms with Crippen molar-refractivity contribution in [2.75, 3.05) is 0 Å². The standard InChI is InChI=1S/C9H12/c1-3-8-5-6-9(4-2)7-8/h3,5-8H,1,4H2,2H3. The van der Waals surface area contributed by atoms with Crippen LogP contribution in [0.3, 0.4) is 0 Å². The van der Waals surface area contributed by atoms with Crippen molar-refractivity contribution < 1.29 is 0 Å². The first kappa shape index (κ1) is 6.34. The Morgan fingerprint density at radius 3 is 2.89 bits per heavy atom. The average molecular weight is 120 g/mol. The zero-order valence-corrected chi connectivity index (χ0v) is 5.80. The molecule has 9 heavy (non-hydrogen) atoms. The van der Waals surface area contributed by atoms with Crippen molar-refractivity contribution in [2.45, 2.75) is 13.3 Å². The molecule has 0 heteroatoms. The summed E-state index contributed by atoms with van der Waals surface area (Å²) in [6.07, 6.45) is 9.69. The van der Waals surface area contributed by atoms with Crippen molar-refractivity contribution >= 4 is 0 Å². The molecule has 1 atom stereocenters. The SMILES string of the molecule is C=CC1C=CC(CC)=C1. The van der Waals surface area contributed by atoms with E-state index in [4.69, 9.17) is 0 Å². The van der Waals surface area contributed by atoms with Crippen LogP contribution in [0.5, 0.6) is 0 Å². The summed E-state index contributed by atoms with van der Waals surface area (Å²) < 4.78 is 0. The lowest BCUT2D eigenvalue weighted by atomic mass is 10.1. The summed E-state index contributed by atoms with van der Waals surface area (Å²) in [5.74, 6) is 0.500. The molecule has 0 bridgehead atoms. The topological polar surface area (TPSA) is 0 Å². The van der Waals surface area contributed by atoms with E-state index < -0.39 is 0 Å². The zero-order chi connectivity index (χ0) is 6.69. The molecule has 0 saturated heterocycles. The molecule has 48 valence electrons. The Hall–Kier alpha value is -0.780. The van der Waals surface area contributed by atoms with E-state index in [1.165, 1.54) is 5.57 Å². The van der Waals surface area contributed by atoms with E-state index in [0.717, 1.165) is 6.42 Å². The molecule has 1 rings (SSSR count). The van der Waals surface area contributed by atoms with Crippen LogP contribution in [-0.2, 0) is 0 Å². The molecular formula is C9H12. The normalized spacial score (nSPS) is 24.1. The fourth-order valence-corrected chi connectivity index (χ4v) is 0.975. The van der Waals surface area contributed by atoms with Gasteiger partial charge in [0.25, 0.3) is 0 Å². The van der Waals surface area contributed by atoms with E-state index in [9.17, 15) is 0 Å². The van der Waals surface area contributed by atoms with Crippen LogP contribution >= 0.6 is 0 Å². The van der Waals surface area contributed by atoms with Crippen LogP contribution in [0.15, 0.2) is 36.5 Å². The Balaban J connectivity index is 2.62. The second-order valence-electron chi connectivity index (χ2n) is 2.27. The van der Waals surface area contributed by atoms with Gasteiger partial charge in [0.1, 0.15) is 0 Å². The predicted molar refractivity (Wildman–Crippen MR) is 41.2 cm³/mol. The van der Waals surface area contributed by atoms with Crippen molar-refractivity contribution in [1.29, 1.82) is 0 Å². The van der Waals surface area contributed by atoms with E-state index in [2.05, 4.69) is 31.7 Å². The van der Waals surface area contributed by atoms with Gasteiger partial charge in [0.2, 0.25) is 0 Å². The highest BCUT2D eigenvalue weighted by molar-refractivity contribution is 5.31. The van der Waals surface area contributed by atoms with E-state index >= 15 is 0 Å². The van der Waals surface area contributed by atoms with Gasteiger partial charge in [0.15, 0.2) is 0 Å². The first-order chi connectivity index (χ1) is 4.36. The molecule has 0 N–H and O–H groups in total. The third kappa shape index (κ3) is 1.32. The van der Waals surface area contributed by atoms with Crippen molar-refractivity contribution in [3.05, 3.63) is 36.5 Å². The Labute approximate surface area is 56.6 Å². The molecule has 0 heterocycles. The maximum absolute atomic E-state index is 3.72. The lowest BCUT2D eigenvalue weighted by Crippen LogP contribution is -1.77. The third-order valence-corrected chi connectivity index (χ3v) is 1.62. The molecule has 0 radical (unpaired) electrons. The van der Waals surface area contributed by atoms with Gasteiger partial charge in [0, 0.05) is 5.92 Å². The third-order valence-electron chi connectivity index (χ3n) is 1.62. The molecule has 0 amide bonds. The maximum atomic E-state index is 3.72. The van der Waals surface area contributed by atoms with E-state index in [0.29, 0.717) is 5.92 Å². The van der Waals surface area contributed by atoms with Crippen LogP contribution in [0.2, 0.25) is 0 Å². The first-order valence-electron chi connectivity index (χ1n) is 3.38. The fourth-order valence-electron chi connectivity index (χ4n) is 0.975. The Bertz CT molecular complexity index is 161. The van der Waals surface area contributed by atoms with Gasteiger partial charge in [-0.3, -0.25) is 0 Å². The van der Waals surface area contributed by atoms with E-state index in [1.54, 1.807) is 0 Å². The van der Waals surface area contributed by atoms with Crippen LogP contribution in [0.4, 0.5) is 0 Å². The van der Waals surface area contributed by atoms with Crippen LogP contribution < -0.4 is 0 Å². The summed E-state index contributed by atoms with van der Waals surface area (Å²) in [4.78, 5) is 0. The van der Waals surface area contributed by atoms with Gasteiger partial charge in [-0.15, -0.1) is 6.58 Å². The lowest BCUT2D eigenvalue weighted by Gasteiger charge is -1.91. The summed E-state index contributed by atoms with van der Waals surface area (Å²) in [5, 5.41) is 0. The summed E-state index contributed by atoms with van der Waals surface area (Å²) in [5.41, 5.74) is 1.43. The number of allylic oxidation sites excluding steroid dienone is 5. The molecule has 0 saturated carbocycles. The molecule has 0 nitrogen and oxygen atoms in total. The van der Waals surface area contributed by atoms with Gasteiger partial charge in [0.05, 0.1) is 0 Å². The molecule has 1 aliphatic rings. The van der Waals surface area contributed by atoms with Gasteiger partial charge >= 0.3 is 0 Å². The first-order valence-corrected chi connectivity index (χ1v) is 3.38. The lowest BCUT2D eigenvalue weighted by molar-refractivity contribution is 1.07. The highest BCUT2D eigenvalue weighted by Gasteiger charge is 2.01. The zero-order valence-electron chi connectivity index (χ0n) is 5.80. The van der Waals surface area contributed by atoms with Crippen molar-refractivity contribution in [3.8, 4) is 0 Å². The van der Waals surface area contributed by atoms with Gasteiger partial charge < -0.3 is 0 Å². The minimum atomic E-state index is 0.500. The van der Waals surface area contributed by atoms with Crippen LogP contribution in [0, 0.1) is 5.92 Å². The van der Waals surface area contributed by atoms with Gasteiger partial charge in [-0.1, -0.05) is 36.8 Å². The summed E-state index contributed by atoms with van der Waals surface area (Å²) in [7, 11) is 0. The fraction of sp³-hybridized carbons (Fsp3) is 0.333. The van der Waals surface area contributed by atoms with E-state index in [-0.39, 0.29) is 0 Å². The minimum absolute atomic E-state index is 0.500. The monoisotopic (exact) mass is 120 g/mol. The van der Waals surface area contributed by atoms with Gasteiger partial charge in [-0.2, -0.15) is 0 Å². The van der Waals surface area contributed by atoms with Gasteiger partial charge in [-0.05, 0) is 6.42 Å². The van der Waals surface area contributed by atoms with Crippen molar-refractivity contribution in [1.82, 2.24) is 0 Å². The molecule has 0 fully saturated rings. The average Bonchev–Trinajstić information content (AvgIpc) is 2.34. The highest BCUT2D eigenvalue weighted by Crippen LogP contribution is 2.18. The van der Waals surface area contributed by atoms with Crippen LogP contribution in [0.25, 0.3) is 0 Å². The molecule has 0 aliphatic heterocycles. The molecule has 0 spiro atoms. The molecule has 1 aliphatic carbocycles. The largest absolute Gasteiger partial charge is 0.102 e. The Morgan fingerprint density at radius 1 is 1.78 bits per heavy atom. The highest BCUT2D eigenvalue weighted by atomic mass is 14.1. The second-order valence-corrected chi connectivity index (χ2v) is 2.27. The summed E-state index contributed by atoms with van der Waals surface area (Å²) in [6, 6.07) is 0. The quantitative estimate of drug-likeness (QED) is 0.491. The second kappa shape index (κ2) is 2.67. The maximum Gasteiger partial charge on any atom is 0.0133 e. The summed E-state index contributed by atoms with van der Waals surface area (Å²) >= 11 is 0. The Kier molecular flexibility index (Phi) is 1.88. The number of rotatable bonds is 2. The van der Waals surface area contributed by atoms with Crippen molar-refractivity contribution in [2.24, 2.45) is 5.92 Å². The molecular weight excluding hydrogens is 108 g/mol. The van der Waals surface area contributed by atoms with Gasteiger partial charge in [-0.25, -0.2) is 0 Å². The molecule has 0 aromatic rings. The minimum Gasteiger partial charge on any atom is -0.102 e. The molecule has 0 aromatic heterocycles. The number of hydrogen-bond acceptors (Lipinski definition) is 0. The number of hydrogen-bond donors (Lipinski definition) is 0. The van der Waals surface area contributed by atoms with Crippen molar-refractivity contribution in [3.63, 3.8) is 0 Å². The van der Waals surface area contributed by atoms with Crippen LogP contribution in [0.1, 0.15) is 13.3 Å². The molecule has 0 aromatic carbocycles.